The summed E-state index contributed by atoms with van der Waals surface area (Å²) in [6.45, 7) is 5.29. The number of ether oxygens (including phenoxy) is 3. The van der Waals surface area contributed by atoms with Crippen LogP contribution in [0.4, 0.5) is 0 Å². The summed E-state index contributed by atoms with van der Waals surface area (Å²) >= 11 is 3.50. The highest BCUT2D eigenvalue weighted by Crippen LogP contribution is 2.36. The second-order valence-corrected chi connectivity index (χ2v) is 6.50. The van der Waals surface area contributed by atoms with Crippen LogP contribution in [-0.4, -0.2) is 75.6 Å². The standard InChI is InChI=1S/C17H24BrN3O4/c1-4-24-15-10-13(11-19-21-5-7-23-8-6-21)9-14(18)17(15)25-12-16(22)20(2)3/h9-11H,4-8,12H2,1-3H3/b19-11+. The van der Waals surface area contributed by atoms with Crippen LogP contribution in [0.2, 0.25) is 0 Å². The van der Waals surface area contributed by atoms with Crippen LogP contribution in [0.3, 0.4) is 0 Å². The van der Waals surface area contributed by atoms with Crippen LogP contribution in [0.15, 0.2) is 21.7 Å². The lowest BCUT2D eigenvalue weighted by molar-refractivity contribution is -0.130. The highest BCUT2D eigenvalue weighted by molar-refractivity contribution is 9.10. The van der Waals surface area contributed by atoms with Gasteiger partial charge in [-0.2, -0.15) is 5.10 Å². The molecule has 0 unspecified atom stereocenters. The van der Waals surface area contributed by atoms with Crippen molar-refractivity contribution in [3.05, 3.63) is 22.2 Å². The molecule has 1 fully saturated rings. The van der Waals surface area contributed by atoms with Crippen molar-refractivity contribution in [2.75, 3.05) is 53.6 Å². The fourth-order valence-corrected chi connectivity index (χ4v) is 2.72. The molecular formula is C17H24BrN3O4. The molecular weight excluding hydrogens is 390 g/mol. The Balaban J connectivity index is 2.14. The van der Waals surface area contributed by atoms with Gasteiger partial charge in [-0.3, -0.25) is 9.80 Å². The number of carbonyl (C=O) groups is 1. The van der Waals surface area contributed by atoms with Crippen LogP contribution in [0.5, 0.6) is 11.5 Å². The summed E-state index contributed by atoms with van der Waals surface area (Å²) in [5.74, 6) is 0.972. The number of hydrogen-bond acceptors (Lipinski definition) is 6. The Morgan fingerprint density at radius 2 is 2.08 bits per heavy atom. The van der Waals surface area contributed by atoms with E-state index in [-0.39, 0.29) is 12.5 Å². The number of halogens is 1. The van der Waals surface area contributed by atoms with Crippen molar-refractivity contribution in [2.24, 2.45) is 5.10 Å². The Labute approximate surface area is 156 Å². The minimum Gasteiger partial charge on any atom is -0.490 e. The zero-order valence-electron chi connectivity index (χ0n) is 14.8. The maximum absolute atomic E-state index is 11.7. The fraction of sp³-hybridized carbons (Fsp3) is 0.529. The van der Waals surface area contributed by atoms with Gasteiger partial charge in [-0.1, -0.05) is 0 Å². The lowest BCUT2D eigenvalue weighted by Crippen LogP contribution is -2.32. The van der Waals surface area contributed by atoms with E-state index in [1.807, 2.05) is 24.1 Å². The van der Waals surface area contributed by atoms with Gasteiger partial charge in [0.1, 0.15) is 0 Å². The largest absolute Gasteiger partial charge is 0.490 e. The highest BCUT2D eigenvalue weighted by atomic mass is 79.9. The molecule has 1 amide bonds. The normalized spacial score (nSPS) is 14.6. The zero-order chi connectivity index (χ0) is 18.2. The van der Waals surface area contributed by atoms with Crippen molar-refractivity contribution in [1.82, 2.24) is 9.91 Å². The second kappa shape index (κ2) is 9.62. The van der Waals surface area contributed by atoms with Crippen LogP contribution in [0, 0.1) is 0 Å². The van der Waals surface area contributed by atoms with E-state index in [1.54, 1.807) is 20.3 Å². The van der Waals surface area contributed by atoms with E-state index in [0.717, 1.165) is 18.7 Å². The predicted molar refractivity (Wildman–Crippen MR) is 99.5 cm³/mol. The summed E-state index contributed by atoms with van der Waals surface area (Å²) in [5.41, 5.74) is 0.883. The molecule has 1 aromatic carbocycles. The number of benzene rings is 1. The predicted octanol–water partition coefficient (Wildman–Crippen LogP) is 1.98. The molecule has 0 aliphatic carbocycles. The Morgan fingerprint density at radius 1 is 1.36 bits per heavy atom. The van der Waals surface area contributed by atoms with Crippen LogP contribution < -0.4 is 9.47 Å². The van der Waals surface area contributed by atoms with Gasteiger partial charge in [-0.05, 0) is 40.5 Å². The first-order valence-electron chi connectivity index (χ1n) is 8.17. The van der Waals surface area contributed by atoms with Crippen molar-refractivity contribution >= 4 is 28.1 Å². The van der Waals surface area contributed by atoms with Crippen molar-refractivity contribution in [1.29, 1.82) is 0 Å². The quantitative estimate of drug-likeness (QED) is 0.639. The van der Waals surface area contributed by atoms with Gasteiger partial charge in [0.05, 0.1) is 43.6 Å². The van der Waals surface area contributed by atoms with Gasteiger partial charge in [0.25, 0.3) is 5.91 Å². The Bertz CT molecular complexity index is 616. The van der Waals surface area contributed by atoms with Crippen LogP contribution in [0.1, 0.15) is 12.5 Å². The van der Waals surface area contributed by atoms with E-state index < -0.39 is 0 Å². The maximum atomic E-state index is 11.7. The van der Waals surface area contributed by atoms with Crippen molar-refractivity contribution in [3.63, 3.8) is 0 Å². The van der Waals surface area contributed by atoms with Gasteiger partial charge in [-0.25, -0.2) is 0 Å². The Kier molecular flexibility index (Phi) is 7.52. The summed E-state index contributed by atoms with van der Waals surface area (Å²) in [5, 5.41) is 6.44. The van der Waals surface area contributed by atoms with Gasteiger partial charge in [0.15, 0.2) is 18.1 Å². The van der Waals surface area contributed by atoms with Crippen molar-refractivity contribution < 1.29 is 19.0 Å². The van der Waals surface area contributed by atoms with Crippen LogP contribution >= 0.6 is 15.9 Å². The average molecular weight is 414 g/mol. The molecule has 7 nitrogen and oxygen atoms in total. The van der Waals surface area contributed by atoms with Crippen molar-refractivity contribution in [3.8, 4) is 11.5 Å². The molecule has 1 aromatic rings. The van der Waals surface area contributed by atoms with Gasteiger partial charge in [-0.15, -0.1) is 0 Å². The number of carbonyl (C=O) groups excluding carboxylic acids is 1. The number of hydrogen-bond donors (Lipinski definition) is 0. The van der Waals surface area contributed by atoms with E-state index in [0.29, 0.717) is 35.8 Å². The first-order valence-corrected chi connectivity index (χ1v) is 8.96. The van der Waals surface area contributed by atoms with E-state index in [9.17, 15) is 4.79 Å². The fourth-order valence-electron chi connectivity index (χ4n) is 2.15. The molecule has 25 heavy (non-hydrogen) atoms. The minimum absolute atomic E-state index is 0.0487. The first kappa shape index (κ1) is 19.5. The van der Waals surface area contributed by atoms with Gasteiger partial charge >= 0.3 is 0 Å². The Hall–Kier alpha value is -1.80. The molecule has 1 saturated heterocycles. The molecule has 0 saturated carbocycles. The molecule has 8 heteroatoms. The number of morpholine rings is 1. The SMILES string of the molecule is CCOc1cc(/C=N/N2CCOCC2)cc(Br)c1OCC(=O)N(C)C. The summed E-state index contributed by atoms with van der Waals surface area (Å²) in [6, 6.07) is 3.75. The molecule has 1 aliphatic heterocycles. The van der Waals surface area contributed by atoms with E-state index >= 15 is 0 Å². The number of amides is 1. The lowest BCUT2D eigenvalue weighted by atomic mass is 10.2. The molecule has 138 valence electrons. The average Bonchev–Trinajstić information content (AvgIpc) is 2.60. The molecule has 2 rings (SSSR count). The molecule has 0 spiro atoms. The number of rotatable bonds is 7. The van der Waals surface area contributed by atoms with Gasteiger partial charge in [0, 0.05) is 14.1 Å². The van der Waals surface area contributed by atoms with Crippen molar-refractivity contribution in [2.45, 2.75) is 6.92 Å². The first-order chi connectivity index (χ1) is 12.0. The number of nitrogens with zero attached hydrogens (tertiary/aromatic N) is 3. The summed E-state index contributed by atoms with van der Waals surface area (Å²) < 4.78 is 17.4. The smallest absolute Gasteiger partial charge is 0.259 e. The second-order valence-electron chi connectivity index (χ2n) is 5.65. The Morgan fingerprint density at radius 3 is 2.72 bits per heavy atom. The summed E-state index contributed by atoms with van der Waals surface area (Å²) in [4.78, 5) is 13.2. The summed E-state index contributed by atoms with van der Waals surface area (Å²) in [6.07, 6.45) is 1.79. The minimum atomic E-state index is -0.118. The molecule has 0 bridgehead atoms. The zero-order valence-corrected chi connectivity index (χ0v) is 16.4. The number of likely N-dealkylation sites (N-methyl/N-ethyl adjacent to an activating group) is 1. The van der Waals surface area contributed by atoms with Crippen LogP contribution in [0.25, 0.3) is 0 Å². The van der Waals surface area contributed by atoms with E-state index in [4.69, 9.17) is 14.2 Å². The van der Waals surface area contributed by atoms with Gasteiger partial charge in [0.2, 0.25) is 0 Å². The van der Waals surface area contributed by atoms with E-state index in [1.165, 1.54) is 4.90 Å². The molecule has 0 radical (unpaired) electrons. The third kappa shape index (κ3) is 5.89. The maximum Gasteiger partial charge on any atom is 0.259 e. The molecule has 1 aliphatic rings. The van der Waals surface area contributed by atoms with Gasteiger partial charge < -0.3 is 19.1 Å². The third-order valence-corrected chi connectivity index (χ3v) is 4.12. The highest BCUT2D eigenvalue weighted by Gasteiger charge is 2.15. The number of hydrazone groups is 1. The molecule has 0 aromatic heterocycles. The topological polar surface area (TPSA) is 63.6 Å². The molecule has 0 N–H and O–H groups in total. The third-order valence-electron chi connectivity index (χ3n) is 3.53. The molecule has 0 atom stereocenters. The van der Waals surface area contributed by atoms with Crippen LogP contribution in [-0.2, 0) is 9.53 Å². The molecule has 1 heterocycles. The monoisotopic (exact) mass is 413 g/mol. The lowest BCUT2D eigenvalue weighted by Gasteiger charge is -2.23. The summed E-state index contributed by atoms with van der Waals surface area (Å²) in [7, 11) is 3.38. The van der Waals surface area contributed by atoms with E-state index in [2.05, 4.69) is 21.0 Å².